The number of amides is 1. The van der Waals surface area contributed by atoms with Crippen LogP contribution in [0.2, 0.25) is 5.02 Å². The van der Waals surface area contributed by atoms with Crippen LogP contribution in [0.25, 0.3) is 0 Å². The van der Waals surface area contributed by atoms with Crippen LogP contribution < -0.4 is 10.6 Å². The van der Waals surface area contributed by atoms with Gasteiger partial charge in [-0.05, 0) is 42.5 Å². The minimum absolute atomic E-state index is 0.0185. The van der Waals surface area contributed by atoms with Gasteiger partial charge in [-0.3, -0.25) is 4.79 Å². The maximum Gasteiger partial charge on any atom is 0.258 e. The van der Waals surface area contributed by atoms with Crippen molar-refractivity contribution in [1.82, 2.24) is 0 Å². The molecule has 1 amide bonds. The van der Waals surface area contributed by atoms with Gasteiger partial charge in [0.1, 0.15) is 10.8 Å². The van der Waals surface area contributed by atoms with Crippen molar-refractivity contribution in [2.75, 3.05) is 11.9 Å². The Morgan fingerprint density at radius 2 is 1.76 bits per heavy atom. The highest BCUT2D eigenvalue weighted by atomic mass is 35.5. The molecule has 108 valence electrons. The number of carbonyl (C=O) groups excluding carboxylic acids is 1. The zero-order chi connectivity index (χ0) is 15.6. The normalized spacial score (nSPS) is 10.2. The van der Waals surface area contributed by atoms with Gasteiger partial charge in [-0.15, -0.1) is 0 Å². The van der Waals surface area contributed by atoms with Gasteiger partial charge >= 0.3 is 0 Å². The second-order valence-corrected chi connectivity index (χ2v) is 5.25. The van der Waals surface area contributed by atoms with Gasteiger partial charge in [-0.25, -0.2) is 4.39 Å². The van der Waals surface area contributed by atoms with Crippen LogP contribution in [0.4, 0.5) is 10.1 Å². The third-order valence-electron chi connectivity index (χ3n) is 3.01. The fourth-order valence-corrected chi connectivity index (χ4v) is 2.04. The summed E-state index contributed by atoms with van der Waals surface area (Å²) in [6.45, 7) is 0. The molecule has 0 aromatic heterocycles. The molecular weight excluding hydrogens is 311 g/mol. The van der Waals surface area contributed by atoms with Crippen LogP contribution in [0.1, 0.15) is 15.9 Å². The van der Waals surface area contributed by atoms with E-state index >= 15 is 0 Å². The van der Waals surface area contributed by atoms with Gasteiger partial charge in [0.25, 0.3) is 5.91 Å². The van der Waals surface area contributed by atoms with Gasteiger partial charge in [0.2, 0.25) is 0 Å². The summed E-state index contributed by atoms with van der Waals surface area (Å²) >= 11 is 10.5. The molecule has 3 nitrogen and oxygen atoms in total. The van der Waals surface area contributed by atoms with Crippen molar-refractivity contribution in [3.05, 3.63) is 64.4 Å². The van der Waals surface area contributed by atoms with E-state index in [1.54, 1.807) is 31.3 Å². The first kappa shape index (κ1) is 15.4. The third-order valence-corrected chi connectivity index (χ3v) is 3.55. The van der Waals surface area contributed by atoms with Crippen molar-refractivity contribution in [2.24, 2.45) is 5.73 Å². The van der Waals surface area contributed by atoms with E-state index < -0.39 is 5.82 Å². The van der Waals surface area contributed by atoms with Crippen molar-refractivity contribution in [1.29, 1.82) is 0 Å². The molecule has 21 heavy (non-hydrogen) atoms. The average molecular weight is 323 g/mol. The maximum atomic E-state index is 13.4. The molecule has 0 heterocycles. The number of nitrogens with zero attached hydrogens (tertiary/aromatic N) is 1. The van der Waals surface area contributed by atoms with E-state index in [9.17, 15) is 9.18 Å². The molecule has 2 aromatic rings. The molecule has 0 fully saturated rings. The Hall–Kier alpha value is -1.98. The molecule has 0 saturated heterocycles. The van der Waals surface area contributed by atoms with Crippen LogP contribution in [-0.2, 0) is 0 Å². The number of thiocarbonyl (C=S) groups is 1. The van der Waals surface area contributed by atoms with Gasteiger partial charge in [-0.2, -0.15) is 0 Å². The summed E-state index contributed by atoms with van der Waals surface area (Å²) in [5.74, 6) is -0.964. The largest absolute Gasteiger partial charge is 0.389 e. The zero-order valence-electron chi connectivity index (χ0n) is 11.1. The highest BCUT2D eigenvalue weighted by Crippen LogP contribution is 2.20. The Morgan fingerprint density at radius 3 is 2.29 bits per heavy atom. The molecule has 0 unspecified atom stereocenters. The predicted octanol–water partition coefficient (Wildman–Crippen LogP) is 3.39. The lowest BCUT2D eigenvalue weighted by atomic mass is 10.1. The van der Waals surface area contributed by atoms with Gasteiger partial charge in [0.15, 0.2) is 0 Å². The summed E-state index contributed by atoms with van der Waals surface area (Å²) in [6.07, 6.45) is 0. The second-order valence-electron chi connectivity index (χ2n) is 4.40. The number of benzene rings is 2. The van der Waals surface area contributed by atoms with Crippen LogP contribution in [-0.4, -0.2) is 17.9 Å². The van der Waals surface area contributed by atoms with Crippen LogP contribution in [0.15, 0.2) is 42.5 Å². The van der Waals surface area contributed by atoms with Crippen LogP contribution in [0.3, 0.4) is 0 Å². The number of rotatable bonds is 3. The maximum absolute atomic E-state index is 13.4. The van der Waals surface area contributed by atoms with Crippen molar-refractivity contribution < 1.29 is 9.18 Å². The number of halogens is 2. The van der Waals surface area contributed by atoms with E-state index in [0.29, 0.717) is 11.3 Å². The van der Waals surface area contributed by atoms with Gasteiger partial charge in [0, 0.05) is 23.9 Å². The summed E-state index contributed by atoms with van der Waals surface area (Å²) < 4.78 is 13.4. The van der Waals surface area contributed by atoms with Crippen molar-refractivity contribution in [2.45, 2.75) is 0 Å². The quantitative estimate of drug-likeness (QED) is 0.881. The molecule has 0 saturated carbocycles. The molecule has 0 aliphatic heterocycles. The van der Waals surface area contributed by atoms with Crippen molar-refractivity contribution in [3.8, 4) is 0 Å². The smallest absolute Gasteiger partial charge is 0.258 e. The first-order valence-corrected chi connectivity index (χ1v) is 6.81. The SMILES string of the molecule is CN(C(=O)c1ccc(Cl)c(F)c1)c1ccc(C(N)=S)cc1. The summed E-state index contributed by atoms with van der Waals surface area (Å²) in [7, 11) is 1.60. The van der Waals surface area contributed by atoms with Gasteiger partial charge in [-0.1, -0.05) is 23.8 Å². The first-order chi connectivity index (χ1) is 9.90. The monoisotopic (exact) mass is 322 g/mol. The Balaban J connectivity index is 2.25. The number of carbonyl (C=O) groups is 1. The molecule has 0 atom stereocenters. The zero-order valence-corrected chi connectivity index (χ0v) is 12.7. The number of nitrogens with two attached hydrogens (primary N) is 1. The molecule has 0 aliphatic carbocycles. The Kier molecular flexibility index (Phi) is 4.55. The molecule has 0 spiro atoms. The lowest BCUT2D eigenvalue weighted by Gasteiger charge is -2.18. The highest BCUT2D eigenvalue weighted by Gasteiger charge is 2.15. The minimum atomic E-state index is -0.625. The summed E-state index contributed by atoms with van der Waals surface area (Å²) in [4.78, 5) is 14.0. The van der Waals surface area contributed by atoms with Gasteiger partial charge < -0.3 is 10.6 Å². The Bertz CT molecular complexity index is 703. The fourth-order valence-electron chi connectivity index (χ4n) is 1.79. The molecular formula is C15H12ClFN2OS. The number of hydrogen-bond donors (Lipinski definition) is 1. The molecule has 2 rings (SSSR count). The van der Waals surface area contributed by atoms with E-state index in [4.69, 9.17) is 29.6 Å². The second kappa shape index (κ2) is 6.20. The fraction of sp³-hybridized carbons (Fsp3) is 0.0667. The van der Waals surface area contributed by atoms with Crippen LogP contribution >= 0.6 is 23.8 Å². The molecule has 6 heteroatoms. The summed E-state index contributed by atoms with van der Waals surface area (Å²) in [5, 5.41) is -0.0185. The lowest BCUT2D eigenvalue weighted by Crippen LogP contribution is -2.26. The highest BCUT2D eigenvalue weighted by molar-refractivity contribution is 7.80. The average Bonchev–Trinajstić information content (AvgIpc) is 2.48. The van der Waals surface area contributed by atoms with E-state index in [0.717, 1.165) is 6.07 Å². The lowest BCUT2D eigenvalue weighted by molar-refractivity contribution is 0.0992. The first-order valence-electron chi connectivity index (χ1n) is 6.03. The van der Waals surface area contributed by atoms with E-state index in [1.807, 2.05) is 0 Å². The topological polar surface area (TPSA) is 46.3 Å². The molecule has 0 radical (unpaired) electrons. The third kappa shape index (κ3) is 3.37. The molecule has 2 aromatic carbocycles. The molecule has 0 bridgehead atoms. The molecule has 0 aliphatic rings. The number of hydrogen-bond acceptors (Lipinski definition) is 2. The van der Waals surface area contributed by atoms with Crippen LogP contribution in [0, 0.1) is 5.82 Å². The van der Waals surface area contributed by atoms with Crippen molar-refractivity contribution in [3.63, 3.8) is 0 Å². The molecule has 2 N–H and O–H groups in total. The standard InChI is InChI=1S/C15H12ClFN2OS/c1-19(11-5-2-9(3-6-11)14(18)21)15(20)10-4-7-12(16)13(17)8-10/h2-8H,1H3,(H2,18,21). The van der Waals surface area contributed by atoms with E-state index in [1.165, 1.54) is 17.0 Å². The minimum Gasteiger partial charge on any atom is -0.389 e. The van der Waals surface area contributed by atoms with Crippen molar-refractivity contribution >= 4 is 40.4 Å². The summed E-state index contributed by atoms with van der Waals surface area (Å²) in [6, 6.07) is 10.8. The summed E-state index contributed by atoms with van der Waals surface area (Å²) in [5.41, 5.74) is 7.10. The number of anilines is 1. The van der Waals surface area contributed by atoms with E-state index in [-0.39, 0.29) is 21.5 Å². The Labute approximate surface area is 132 Å². The predicted molar refractivity (Wildman–Crippen MR) is 86.5 cm³/mol. The van der Waals surface area contributed by atoms with E-state index in [2.05, 4.69) is 0 Å². The Morgan fingerprint density at radius 1 is 1.19 bits per heavy atom. The van der Waals surface area contributed by atoms with Gasteiger partial charge in [0.05, 0.1) is 5.02 Å². The van der Waals surface area contributed by atoms with Crippen LogP contribution in [0.5, 0.6) is 0 Å².